The van der Waals surface area contributed by atoms with Gasteiger partial charge < -0.3 is 19.2 Å². The van der Waals surface area contributed by atoms with Crippen molar-refractivity contribution in [3.63, 3.8) is 0 Å². The first-order chi connectivity index (χ1) is 14.1. The van der Waals surface area contributed by atoms with Gasteiger partial charge in [0.25, 0.3) is 17.0 Å². The Morgan fingerprint density at radius 3 is 2.97 bits per heavy atom. The molecular formula is C19H14ClN3O5S. The topological polar surface area (TPSA) is 104 Å². The summed E-state index contributed by atoms with van der Waals surface area (Å²) in [6, 6.07) is 12.0. The Kier molecular flexibility index (Phi) is 5.68. The van der Waals surface area contributed by atoms with Gasteiger partial charge in [-0.15, -0.1) is 10.2 Å². The maximum Gasteiger partial charge on any atom is 0.277 e. The smallest absolute Gasteiger partial charge is 0.277 e. The lowest BCUT2D eigenvalue weighted by atomic mass is 10.1. The molecule has 148 valence electrons. The van der Waals surface area contributed by atoms with Crippen LogP contribution in [0.3, 0.4) is 0 Å². The van der Waals surface area contributed by atoms with Crippen LogP contribution in [-0.2, 0) is 11.4 Å². The molecule has 3 aromatic rings. The largest absolute Gasteiger partial charge is 0.482 e. The molecule has 4 rings (SSSR count). The number of aromatic nitrogens is 2. The van der Waals surface area contributed by atoms with Gasteiger partial charge in [-0.25, -0.2) is 0 Å². The van der Waals surface area contributed by atoms with Gasteiger partial charge in [0.15, 0.2) is 19.0 Å². The van der Waals surface area contributed by atoms with E-state index in [0.29, 0.717) is 27.8 Å². The van der Waals surface area contributed by atoms with Crippen LogP contribution >= 0.6 is 23.4 Å². The van der Waals surface area contributed by atoms with Gasteiger partial charge in [0, 0.05) is 5.56 Å². The predicted molar refractivity (Wildman–Crippen MR) is 106 cm³/mol. The fourth-order valence-corrected chi connectivity index (χ4v) is 3.39. The van der Waals surface area contributed by atoms with Crippen molar-refractivity contribution in [1.29, 1.82) is 0 Å². The molecule has 10 heteroatoms. The molecule has 0 spiro atoms. The molecule has 29 heavy (non-hydrogen) atoms. The molecule has 2 aromatic carbocycles. The predicted octanol–water partition coefficient (Wildman–Crippen LogP) is 3.61. The van der Waals surface area contributed by atoms with Gasteiger partial charge in [-0.3, -0.25) is 9.59 Å². The zero-order valence-corrected chi connectivity index (χ0v) is 16.5. The monoisotopic (exact) mass is 431 g/mol. The lowest BCUT2D eigenvalue weighted by molar-refractivity contribution is -0.118. The van der Waals surface area contributed by atoms with Crippen molar-refractivity contribution in [2.75, 3.05) is 17.7 Å². The van der Waals surface area contributed by atoms with Crippen molar-refractivity contribution >= 4 is 40.7 Å². The number of carbonyl (C=O) groups is 2. The standard InChI is InChI=1S/C19H14ClN3O5S/c20-12-3-1-2-4-15(12)27-9-18-22-23-19(28-18)29-10-14(24)11-5-6-16-13(7-11)21-17(25)8-26-16/h1-7H,8-10H2,(H,21,25). The molecule has 0 fully saturated rings. The lowest BCUT2D eigenvalue weighted by Gasteiger charge is -2.18. The molecular weight excluding hydrogens is 418 g/mol. The van der Waals surface area contributed by atoms with Crippen LogP contribution in [0.2, 0.25) is 5.02 Å². The average molecular weight is 432 g/mol. The number of nitrogens with one attached hydrogen (secondary N) is 1. The Hall–Kier alpha value is -3.04. The second-order valence-corrected chi connectivity index (χ2v) is 7.27. The second kappa shape index (κ2) is 8.54. The Morgan fingerprint density at radius 1 is 1.24 bits per heavy atom. The normalized spacial score (nSPS) is 12.7. The quantitative estimate of drug-likeness (QED) is 0.447. The number of carbonyl (C=O) groups excluding carboxylic acids is 2. The number of halogens is 1. The van der Waals surface area contributed by atoms with E-state index in [2.05, 4.69) is 15.5 Å². The summed E-state index contributed by atoms with van der Waals surface area (Å²) in [6.07, 6.45) is 0. The number of rotatable bonds is 7. The van der Waals surface area contributed by atoms with E-state index in [1.165, 1.54) is 0 Å². The molecule has 1 aliphatic rings. The first-order valence-corrected chi connectivity index (χ1v) is 9.87. The third-order valence-electron chi connectivity index (χ3n) is 3.90. The number of ketones is 1. The molecule has 1 amide bonds. The summed E-state index contributed by atoms with van der Waals surface area (Å²) in [6.45, 7) is 0.0333. The molecule has 0 saturated heterocycles. The summed E-state index contributed by atoms with van der Waals surface area (Å²) in [7, 11) is 0. The van der Waals surface area contributed by atoms with Gasteiger partial charge in [-0.05, 0) is 30.3 Å². The summed E-state index contributed by atoms with van der Waals surface area (Å²) >= 11 is 7.14. The molecule has 0 saturated carbocycles. The summed E-state index contributed by atoms with van der Waals surface area (Å²) < 4.78 is 16.3. The molecule has 0 radical (unpaired) electrons. The van der Waals surface area contributed by atoms with Crippen molar-refractivity contribution < 1.29 is 23.5 Å². The van der Waals surface area contributed by atoms with E-state index in [-0.39, 0.29) is 41.8 Å². The number of benzene rings is 2. The molecule has 0 atom stereocenters. The molecule has 1 aliphatic heterocycles. The van der Waals surface area contributed by atoms with Crippen LogP contribution in [0.4, 0.5) is 5.69 Å². The summed E-state index contributed by atoms with van der Waals surface area (Å²) in [5.74, 6) is 1.02. The maximum absolute atomic E-state index is 12.4. The number of fused-ring (bicyclic) bond motifs is 1. The Morgan fingerprint density at radius 2 is 2.10 bits per heavy atom. The van der Waals surface area contributed by atoms with Crippen molar-refractivity contribution in [2.24, 2.45) is 0 Å². The molecule has 8 nitrogen and oxygen atoms in total. The van der Waals surface area contributed by atoms with Crippen LogP contribution in [0.5, 0.6) is 11.5 Å². The fraction of sp³-hybridized carbons (Fsp3) is 0.158. The molecule has 2 heterocycles. The van der Waals surface area contributed by atoms with Crippen molar-refractivity contribution in [3.8, 4) is 11.5 Å². The van der Waals surface area contributed by atoms with Crippen molar-refractivity contribution in [3.05, 3.63) is 58.9 Å². The van der Waals surface area contributed by atoms with Crippen LogP contribution in [0.1, 0.15) is 16.2 Å². The van der Waals surface area contributed by atoms with E-state index in [1.807, 2.05) is 0 Å². The minimum absolute atomic E-state index is 0.0319. The highest BCUT2D eigenvalue weighted by Gasteiger charge is 2.18. The van der Waals surface area contributed by atoms with Crippen LogP contribution in [0.25, 0.3) is 0 Å². The number of amides is 1. The van der Waals surface area contributed by atoms with Gasteiger partial charge in [-0.2, -0.15) is 0 Å². The first kappa shape index (κ1) is 19.3. The highest BCUT2D eigenvalue weighted by Crippen LogP contribution is 2.29. The minimum atomic E-state index is -0.256. The maximum atomic E-state index is 12.4. The van der Waals surface area contributed by atoms with Crippen LogP contribution in [0.15, 0.2) is 52.1 Å². The lowest BCUT2D eigenvalue weighted by Crippen LogP contribution is -2.25. The molecule has 1 aromatic heterocycles. The highest BCUT2D eigenvalue weighted by atomic mass is 35.5. The third-order valence-corrected chi connectivity index (χ3v) is 5.03. The van der Waals surface area contributed by atoms with Crippen molar-refractivity contribution in [2.45, 2.75) is 11.8 Å². The van der Waals surface area contributed by atoms with E-state index < -0.39 is 0 Å². The zero-order valence-electron chi connectivity index (χ0n) is 14.9. The zero-order chi connectivity index (χ0) is 20.2. The Bertz CT molecular complexity index is 1070. The van der Waals surface area contributed by atoms with Crippen LogP contribution in [0, 0.1) is 0 Å². The number of hydrogen-bond acceptors (Lipinski definition) is 8. The Labute approximate surface area is 174 Å². The first-order valence-electron chi connectivity index (χ1n) is 8.51. The van der Waals surface area contributed by atoms with Crippen LogP contribution in [-0.4, -0.2) is 34.2 Å². The van der Waals surface area contributed by atoms with E-state index in [0.717, 1.165) is 11.8 Å². The number of nitrogens with zero attached hydrogens (tertiary/aromatic N) is 2. The number of anilines is 1. The summed E-state index contributed by atoms with van der Waals surface area (Å²) in [5, 5.41) is 11.2. The van der Waals surface area contributed by atoms with Crippen molar-refractivity contribution in [1.82, 2.24) is 10.2 Å². The van der Waals surface area contributed by atoms with Gasteiger partial charge in [0.2, 0.25) is 0 Å². The Balaban J connectivity index is 1.33. The molecule has 0 unspecified atom stereocenters. The van der Waals surface area contributed by atoms with E-state index in [4.69, 9.17) is 25.5 Å². The average Bonchev–Trinajstić information content (AvgIpc) is 3.18. The van der Waals surface area contributed by atoms with Crippen LogP contribution < -0.4 is 14.8 Å². The molecule has 0 bridgehead atoms. The minimum Gasteiger partial charge on any atom is -0.482 e. The number of ether oxygens (including phenoxy) is 2. The van der Waals surface area contributed by atoms with Gasteiger partial charge in [0.05, 0.1) is 16.5 Å². The van der Waals surface area contributed by atoms with Gasteiger partial charge in [0.1, 0.15) is 11.5 Å². The van der Waals surface area contributed by atoms with E-state index in [1.54, 1.807) is 42.5 Å². The van der Waals surface area contributed by atoms with E-state index >= 15 is 0 Å². The summed E-state index contributed by atoms with van der Waals surface area (Å²) in [5.41, 5.74) is 0.928. The number of para-hydroxylation sites is 1. The molecule has 0 aliphatic carbocycles. The SMILES string of the molecule is O=C1COc2ccc(C(=O)CSc3nnc(COc4ccccc4Cl)o3)cc2N1. The van der Waals surface area contributed by atoms with Gasteiger partial charge >= 0.3 is 0 Å². The number of hydrogen-bond donors (Lipinski definition) is 1. The molecule has 1 N–H and O–H groups in total. The fourth-order valence-electron chi connectivity index (χ4n) is 2.52. The van der Waals surface area contributed by atoms with E-state index in [9.17, 15) is 9.59 Å². The summed E-state index contributed by atoms with van der Waals surface area (Å²) in [4.78, 5) is 23.8. The second-order valence-electron chi connectivity index (χ2n) is 5.94. The third kappa shape index (κ3) is 4.69. The van der Waals surface area contributed by atoms with Gasteiger partial charge in [-0.1, -0.05) is 35.5 Å². The number of Topliss-reactive ketones (excluding diaryl/α,β-unsaturated/α-hetero) is 1. The number of thioether (sulfide) groups is 1. The highest BCUT2D eigenvalue weighted by molar-refractivity contribution is 7.99.